The third kappa shape index (κ3) is 42.4. The van der Waals surface area contributed by atoms with Crippen LogP contribution in [0.5, 0.6) is 0 Å². The number of carbonyl (C=O) groups excluding carboxylic acids is 1. The molecule has 0 aromatic heterocycles. The molecule has 3 N–H and O–H groups in total. The number of aliphatic hydroxyl groups excluding tert-OH is 2. The van der Waals surface area contributed by atoms with Crippen LogP contribution in [0.2, 0.25) is 0 Å². The van der Waals surface area contributed by atoms with Gasteiger partial charge in [0.1, 0.15) is 0 Å². The summed E-state index contributed by atoms with van der Waals surface area (Å²) >= 11 is 0. The van der Waals surface area contributed by atoms with Gasteiger partial charge in [0.05, 0.1) is 18.8 Å². The van der Waals surface area contributed by atoms with E-state index in [1.165, 1.54) is 238 Å². The van der Waals surface area contributed by atoms with Gasteiger partial charge in [-0.25, -0.2) is 0 Å². The summed E-state index contributed by atoms with van der Waals surface area (Å²) in [6, 6.07) is -0.530. The first-order valence-corrected chi connectivity index (χ1v) is 24.7. The highest BCUT2D eigenvalue weighted by Crippen LogP contribution is 2.18. The molecule has 0 radical (unpaired) electrons. The molecule has 0 aromatic carbocycles. The van der Waals surface area contributed by atoms with E-state index in [-0.39, 0.29) is 12.5 Å². The Bertz CT molecular complexity index is 685. The predicted octanol–water partition coefficient (Wildman–Crippen LogP) is 15.6. The van der Waals surface area contributed by atoms with Crippen molar-refractivity contribution in [3.05, 3.63) is 0 Å². The molecule has 0 fully saturated rings. The van der Waals surface area contributed by atoms with E-state index in [4.69, 9.17) is 0 Å². The highest BCUT2D eigenvalue weighted by atomic mass is 16.3. The minimum absolute atomic E-state index is 0.0241. The van der Waals surface area contributed by atoms with Crippen LogP contribution in [0.4, 0.5) is 0 Å². The van der Waals surface area contributed by atoms with Crippen molar-refractivity contribution in [2.45, 2.75) is 302 Å². The Labute approximate surface area is 334 Å². The van der Waals surface area contributed by atoms with Crippen LogP contribution in [-0.2, 0) is 4.79 Å². The number of carbonyl (C=O) groups is 1. The van der Waals surface area contributed by atoms with Gasteiger partial charge in [-0.05, 0) is 12.8 Å². The minimum Gasteiger partial charge on any atom is -0.394 e. The number of hydrogen-bond donors (Lipinski definition) is 3. The number of nitrogens with one attached hydrogen (secondary N) is 1. The minimum atomic E-state index is -0.654. The summed E-state index contributed by atoms with van der Waals surface area (Å²) < 4.78 is 0. The summed E-state index contributed by atoms with van der Waals surface area (Å²) in [7, 11) is 0. The van der Waals surface area contributed by atoms with Crippen molar-refractivity contribution in [1.29, 1.82) is 0 Å². The van der Waals surface area contributed by atoms with Crippen LogP contribution >= 0.6 is 0 Å². The number of hydrogen-bond acceptors (Lipinski definition) is 3. The summed E-state index contributed by atoms with van der Waals surface area (Å²) in [5.41, 5.74) is 0. The molecule has 0 aliphatic rings. The second-order valence-electron chi connectivity index (χ2n) is 17.3. The van der Waals surface area contributed by atoms with Crippen LogP contribution < -0.4 is 5.32 Å². The number of amides is 1. The van der Waals surface area contributed by atoms with Crippen molar-refractivity contribution in [2.24, 2.45) is 0 Å². The number of rotatable bonds is 46. The number of unbranched alkanes of at least 4 members (excludes halogenated alkanes) is 39. The van der Waals surface area contributed by atoms with Crippen molar-refractivity contribution in [3.8, 4) is 0 Å². The molecule has 4 heteroatoms. The monoisotopic (exact) mass is 750 g/mol. The second-order valence-corrected chi connectivity index (χ2v) is 17.3. The lowest BCUT2D eigenvalue weighted by molar-refractivity contribution is -0.123. The van der Waals surface area contributed by atoms with Crippen LogP contribution in [0.25, 0.3) is 0 Å². The lowest BCUT2D eigenvalue weighted by Gasteiger charge is -2.22. The highest BCUT2D eigenvalue weighted by Gasteiger charge is 2.20. The maximum absolute atomic E-state index is 12.4. The van der Waals surface area contributed by atoms with Crippen molar-refractivity contribution in [2.75, 3.05) is 6.61 Å². The predicted molar refractivity (Wildman–Crippen MR) is 235 cm³/mol. The Morgan fingerprint density at radius 3 is 0.849 bits per heavy atom. The molecule has 2 atom stereocenters. The van der Waals surface area contributed by atoms with E-state index in [0.717, 1.165) is 25.7 Å². The molecule has 1 amide bonds. The van der Waals surface area contributed by atoms with Gasteiger partial charge in [-0.2, -0.15) is 0 Å². The Morgan fingerprint density at radius 1 is 0.377 bits per heavy atom. The molecule has 0 heterocycles. The fourth-order valence-corrected chi connectivity index (χ4v) is 8.07. The summed E-state index contributed by atoms with van der Waals surface area (Å²) in [6.07, 6.45) is 56.3. The lowest BCUT2D eigenvalue weighted by atomic mass is 10.0. The van der Waals surface area contributed by atoms with Crippen molar-refractivity contribution >= 4 is 5.91 Å². The molecule has 318 valence electrons. The first-order valence-electron chi connectivity index (χ1n) is 24.7. The first kappa shape index (κ1) is 52.4. The maximum Gasteiger partial charge on any atom is 0.220 e. The van der Waals surface area contributed by atoms with Crippen LogP contribution in [0.3, 0.4) is 0 Å². The molecule has 0 aromatic rings. The third-order valence-electron chi connectivity index (χ3n) is 11.9. The summed E-state index contributed by atoms with van der Waals surface area (Å²) in [5.74, 6) is -0.0241. The Kier molecular flexibility index (Phi) is 45.3. The van der Waals surface area contributed by atoms with Crippen LogP contribution in [0.15, 0.2) is 0 Å². The van der Waals surface area contributed by atoms with Gasteiger partial charge in [0.15, 0.2) is 0 Å². The Morgan fingerprint density at radius 2 is 0.604 bits per heavy atom. The Hall–Kier alpha value is -0.610. The molecule has 0 spiro atoms. The van der Waals surface area contributed by atoms with E-state index >= 15 is 0 Å². The topological polar surface area (TPSA) is 69.6 Å². The zero-order valence-electron chi connectivity index (χ0n) is 36.6. The van der Waals surface area contributed by atoms with Crippen molar-refractivity contribution < 1.29 is 15.0 Å². The van der Waals surface area contributed by atoms with E-state index in [9.17, 15) is 15.0 Å². The van der Waals surface area contributed by atoms with E-state index in [0.29, 0.717) is 12.8 Å². The second kappa shape index (κ2) is 45.8. The zero-order valence-corrected chi connectivity index (χ0v) is 36.6. The third-order valence-corrected chi connectivity index (χ3v) is 11.9. The SMILES string of the molecule is CCCCCCCCCCCCCCCCCCCCCCCCCC(O)C(CO)NC(=O)CCCCCCCCCCCCCCCCCCCC. The van der Waals surface area contributed by atoms with E-state index in [1.54, 1.807) is 0 Å². The summed E-state index contributed by atoms with van der Waals surface area (Å²) in [6.45, 7) is 4.39. The smallest absolute Gasteiger partial charge is 0.220 e. The largest absolute Gasteiger partial charge is 0.394 e. The van der Waals surface area contributed by atoms with Gasteiger partial charge >= 0.3 is 0 Å². The van der Waals surface area contributed by atoms with Gasteiger partial charge in [-0.3, -0.25) is 4.79 Å². The standard InChI is InChI=1S/C49H99NO3/c1-3-5-7-9-11-13-15-17-19-21-23-24-25-26-27-28-30-32-34-36-38-40-42-44-48(52)47(46-51)50-49(53)45-43-41-39-37-35-33-31-29-22-20-18-16-14-12-10-8-6-4-2/h47-48,51-52H,3-46H2,1-2H3,(H,50,53). The molecular formula is C49H99NO3. The average Bonchev–Trinajstić information content (AvgIpc) is 3.16. The maximum atomic E-state index is 12.4. The fraction of sp³-hybridized carbons (Fsp3) is 0.980. The molecule has 0 bridgehead atoms. The van der Waals surface area contributed by atoms with Crippen molar-refractivity contribution in [1.82, 2.24) is 5.32 Å². The first-order chi connectivity index (χ1) is 26.2. The van der Waals surface area contributed by atoms with Gasteiger partial charge in [-0.15, -0.1) is 0 Å². The molecule has 0 aliphatic heterocycles. The van der Waals surface area contributed by atoms with Gasteiger partial charge in [-0.1, -0.05) is 271 Å². The fourth-order valence-electron chi connectivity index (χ4n) is 8.07. The summed E-state index contributed by atoms with van der Waals surface area (Å²) in [5, 5.41) is 23.3. The Balaban J connectivity index is 3.43. The van der Waals surface area contributed by atoms with Crippen LogP contribution in [-0.4, -0.2) is 34.9 Å². The van der Waals surface area contributed by atoms with E-state index in [2.05, 4.69) is 19.2 Å². The van der Waals surface area contributed by atoms with Gasteiger partial charge < -0.3 is 15.5 Å². The highest BCUT2D eigenvalue weighted by molar-refractivity contribution is 5.76. The van der Waals surface area contributed by atoms with Gasteiger partial charge in [0.25, 0.3) is 0 Å². The number of aliphatic hydroxyl groups is 2. The normalized spacial score (nSPS) is 12.8. The van der Waals surface area contributed by atoms with E-state index < -0.39 is 12.1 Å². The van der Waals surface area contributed by atoms with Gasteiger partial charge in [0, 0.05) is 6.42 Å². The molecule has 4 nitrogen and oxygen atoms in total. The van der Waals surface area contributed by atoms with Crippen LogP contribution in [0.1, 0.15) is 290 Å². The molecule has 53 heavy (non-hydrogen) atoms. The quantitative estimate of drug-likeness (QED) is 0.0543. The average molecular weight is 750 g/mol. The van der Waals surface area contributed by atoms with Crippen molar-refractivity contribution in [3.63, 3.8) is 0 Å². The van der Waals surface area contributed by atoms with Crippen LogP contribution in [0, 0.1) is 0 Å². The zero-order chi connectivity index (χ0) is 38.6. The molecule has 0 rings (SSSR count). The molecule has 0 saturated carbocycles. The lowest BCUT2D eigenvalue weighted by Crippen LogP contribution is -2.45. The molecular weight excluding hydrogens is 651 g/mol. The summed E-state index contributed by atoms with van der Waals surface area (Å²) in [4.78, 5) is 12.4. The molecule has 2 unspecified atom stereocenters. The molecule has 0 aliphatic carbocycles. The molecule has 0 saturated heterocycles. The van der Waals surface area contributed by atoms with E-state index in [1.807, 2.05) is 0 Å². The van der Waals surface area contributed by atoms with Gasteiger partial charge in [0.2, 0.25) is 5.91 Å².